The highest BCUT2D eigenvalue weighted by molar-refractivity contribution is 5.81. The van der Waals surface area contributed by atoms with Crippen molar-refractivity contribution in [2.75, 3.05) is 6.54 Å². The lowest BCUT2D eigenvalue weighted by atomic mass is 10.0. The molecule has 1 unspecified atom stereocenters. The quantitative estimate of drug-likeness (QED) is 0.865. The van der Waals surface area contributed by atoms with Gasteiger partial charge in [-0.1, -0.05) is 18.2 Å². The van der Waals surface area contributed by atoms with Gasteiger partial charge in [0.15, 0.2) is 0 Å². The minimum Gasteiger partial charge on any atom is -0.487 e. The molecule has 4 heteroatoms. The lowest BCUT2D eigenvalue weighted by molar-refractivity contribution is -0.122. The second-order valence-electron chi connectivity index (χ2n) is 5.94. The third-order valence-corrected chi connectivity index (χ3v) is 3.52. The number of ether oxygens (including phenoxy) is 1. The number of benzene rings is 1. The van der Waals surface area contributed by atoms with Gasteiger partial charge in [-0.15, -0.1) is 0 Å². The van der Waals surface area contributed by atoms with Gasteiger partial charge >= 0.3 is 0 Å². The van der Waals surface area contributed by atoms with E-state index in [0.29, 0.717) is 13.1 Å². The molecule has 0 aliphatic carbocycles. The SMILES string of the molecule is CCNC(=O)C(C)NCc1cccc2c1OC(C)(C)C2. The second kappa shape index (κ2) is 5.83. The Morgan fingerprint density at radius 3 is 2.90 bits per heavy atom. The Balaban J connectivity index is 2.02. The normalized spacial score (nSPS) is 17.2. The molecular weight excluding hydrogens is 252 g/mol. The summed E-state index contributed by atoms with van der Waals surface area (Å²) in [4.78, 5) is 11.7. The van der Waals surface area contributed by atoms with Crippen LogP contribution in [-0.4, -0.2) is 24.1 Å². The minimum absolute atomic E-state index is 0.0290. The molecule has 0 saturated heterocycles. The highest BCUT2D eigenvalue weighted by Crippen LogP contribution is 2.37. The van der Waals surface area contributed by atoms with E-state index in [0.717, 1.165) is 17.7 Å². The number of carbonyl (C=O) groups excluding carboxylic acids is 1. The van der Waals surface area contributed by atoms with Crippen LogP contribution in [0.3, 0.4) is 0 Å². The monoisotopic (exact) mass is 276 g/mol. The van der Waals surface area contributed by atoms with Crippen molar-refractivity contribution in [2.45, 2.75) is 52.3 Å². The standard InChI is InChI=1S/C16H24N2O2/c1-5-17-15(19)11(2)18-10-13-8-6-7-12-9-16(3,4)20-14(12)13/h6-8,11,18H,5,9-10H2,1-4H3,(H,17,19). The first-order chi connectivity index (χ1) is 9.43. The lowest BCUT2D eigenvalue weighted by Crippen LogP contribution is -2.41. The Hall–Kier alpha value is -1.55. The van der Waals surface area contributed by atoms with Gasteiger partial charge in [0.1, 0.15) is 11.4 Å². The first-order valence-electron chi connectivity index (χ1n) is 7.24. The molecule has 20 heavy (non-hydrogen) atoms. The van der Waals surface area contributed by atoms with E-state index in [4.69, 9.17) is 4.74 Å². The van der Waals surface area contributed by atoms with Gasteiger partial charge in [0, 0.05) is 25.1 Å². The zero-order valence-electron chi connectivity index (χ0n) is 12.7. The topological polar surface area (TPSA) is 50.4 Å². The molecular formula is C16H24N2O2. The number of hydrogen-bond donors (Lipinski definition) is 2. The van der Waals surface area contributed by atoms with Gasteiger partial charge in [0.2, 0.25) is 5.91 Å². The van der Waals surface area contributed by atoms with E-state index in [2.05, 4.69) is 42.7 Å². The first kappa shape index (κ1) is 14.9. The van der Waals surface area contributed by atoms with Crippen LogP contribution in [0.4, 0.5) is 0 Å². The van der Waals surface area contributed by atoms with Gasteiger partial charge in [0.05, 0.1) is 6.04 Å². The van der Waals surface area contributed by atoms with Crippen LogP contribution >= 0.6 is 0 Å². The molecule has 0 radical (unpaired) electrons. The number of para-hydroxylation sites is 1. The number of amides is 1. The van der Waals surface area contributed by atoms with Crippen LogP contribution in [0.1, 0.15) is 38.8 Å². The minimum atomic E-state index is -0.208. The summed E-state index contributed by atoms with van der Waals surface area (Å²) in [5.74, 6) is 1.01. The van der Waals surface area contributed by atoms with Crippen LogP contribution in [0.5, 0.6) is 5.75 Å². The first-order valence-corrected chi connectivity index (χ1v) is 7.24. The molecule has 1 amide bonds. The van der Waals surface area contributed by atoms with Crippen molar-refractivity contribution in [1.82, 2.24) is 10.6 Å². The molecule has 1 atom stereocenters. The highest BCUT2D eigenvalue weighted by Gasteiger charge is 2.31. The summed E-state index contributed by atoms with van der Waals surface area (Å²) in [6, 6.07) is 6.01. The van der Waals surface area contributed by atoms with Crippen molar-refractivity contribution in [2.24, 2.45) is 0 Å². The fraction of sp³-hybridized carbons (Fsp3) is 0.562. The number of rotatable bonds is 5. The molecule has 0 spiro atoms. The molecule has 1 aliphatic rings. The van der Waals surface area contributed by atoms with Gasteiger partial charge in [0.25, 0.3) is 0 Å². The molecule has 1 aromatic carbocycles. The largest absolute Gasteiger partial charge is 0.487 e. The van der Waals surface area contributed by atoms with Crippen molar-refractivity contribution >= 4 is 5.91 Å². The maximum Gasteiger partial charge on any atom is 0.236 e. The summed E-state index contributed by atoms with van der Waals surface area (Å²) in [5, 5.41) is 6.06. The zero-order chi connectivity index (χ0) is 14.8. The van der Waals surface area contributed by atoms with E-state index in [1.54, 1.807) is 0 Å². The number of fused-ring (bicyclic) bond motifs is 1. The fourth-order valence-electron chi connectivity index (χ4n) is 2.50. The van der Waals surface area contributed by atoms with Crippen molar-refractivity contribution in [3.63, 3.8) is 0 Å². The number of nitrogens with one attached hydrogen (secondary N) is 2. The Kier molecular flexibility index (Phi) is 4.33. The third-order valence-electron chi connectivity index (χ3n) is 3.52. The summed E-state index contributed by atoms with van der Waals surface area (Å²) in [6.45, 7) is 9.28. The molecule has 0 aromatic heterocycles. The van der Waals surface area contributed by atoms with Crippen molar-refractivity contribution in [3.8, 4) is 5.75 Å². The Bertz CT molecular complexity index is 497. The maximum atomic E-state index is 11.7. The molecule has 2 rings (SSSR count). The molecule has 0 fully saturated rings. The number of likely N-dealkylation sites (N-methyl/N-ethyl adjacent to an activating group) is 1. The summed E-state index contributed by atoms with van der Waals surface area (Å²) >= 11 is 0. The average Bonchev–Trinajstić information content (AvgIpc) is 2.70. The van der Waals surface area contributed by atoms with Gasteiger partial charge in [-0.2, -0.15) is 0 Å². The predicted molar refractivity (Wildman–Crippen MR) is 79.8 cm³/mol. The van der Waals surface area contributed by atoms with Crippen molar-refractivity contribution in [1.29, 1.82) is 0 Å². The van der Waals surface area contributed by atoms with Crippen LogP contribution in [0.15, 0.2) is 18.2 Å². The zero-order valence-corrected chi connectivity index (χ0v) is 12.7. The summed E-state index contributed by atoms with van der Waals surface area (Å²) in [6.07, 6.45) is 0.933. The average molecular weight is 276 g/mol. The summed E-state index contributed by atoms with van der Waals surface area (Å²) in [7, 11) is 0. The van der Waals surface area contributed by atoms with Crippen molar-refractivity contribution < 1.29 is 9.53 Å². The van der Waals surface area contributed by atoms with E-state index in [-0.39, 0.29) is 17.6 Å². The number of carbonyl (C=O) groups is 1. The van der Waals surface area contributed by atoms with Crippen LogP contribution < -0.4 is 15.4 Å². The van der Waals surface area contributed by atoms with E-state index in [9.17, 15) is 4.79 Å². The smallest absolute Gasteiger partial charge is 0.236 e. The van der Waals surface area contributed by atoms with Crippen LogP contribution in [0, 0.1) is 0 Å². The molecule has 0 saturated carbocycles. The molecule has 1 heterocycles. The van der Waals surface area contributed by atoms with E-state index in [1.165, 1.54) is 5.56 Å². The van der Waals surface area contributed by atoms with Gasteiger partial charge in [-0.25, -0.2) is 0 Å². The van der Waals surface area contributed by atoms with Crippen LogP contribution in [0.25, 0.3) is 0 Å². The maximum absolute atomic E-state index is 11.7. The highest BCUT2D eigenvalue weighted by atomic mass is 16.5. The molecule has 2 N–H and O–H groups in total. The summed E-state index contributed by atoms with van der Waals surface area (Å²) < 4.78 is 6.03. The lowest BCUT2D eigenvalue weighted by Gasteiger charge is -2.19. The number of hydrogen-bond acceptors (Lipinski definition) is 3. The Labute approximate surface area is 120 Å². The third kappa shape index (κ3) is 3.31. The van der Waals surface area contributed by atoms with Gasteiger partial charge < -0.3 is 15.4 Å². The van der Waals surface area contributed by atoms with Gasteiger partial charge in [-0.05, 0) is 33.3 Å². The molecule has 4 nitrogen and oxygen atoms in total. The van der Waals surface area contributed by atoms with Crippen LogP contribution in [-0.2, 0) is 17.8 Å². The molecule has 110 valence electrons. The van der Waals surface area contributed by atoms with Crippen molar-refractivity contribution in [3.05, 3.63) is 29.3 Å². The molecule has 1 aromatic rings. The molecule has 0 bridgehead atoms. The predicted octanol–water partition coefficient (Wildman–Crippen LogP) is 2.01. The molecule has 1 aliphatic heterocycles. The fourth-order valence-corrected chi connectivity index (χ4v) is 2.50. The summed E-state index contributed by atoms with van der Waals surface area (Å²) in [5.41, 5.74) is 2.23. The van der Waals surface area contributed by atoms with Gasteiger partial charge in [-0.3, -0.25) is 4.79 Å². The van der Waals surface area contributed by atoms with E-state index >= 15 is 0 Å². The van der Waals surface area contributed by atoms with Crippen LogP contribution in [0.2, 0.25) is 0 Å². The Morgan fingerprint density at radius 2 is 2.20 bits per heavy atom. The van der Waals surface area contributed by atoms with E-state index in [1.807, 2.05) is 13.8 Å². The Morgan fingerprint density at radius 1 is 1.45 bits per heavy atom. The second-order valence-corrected chi connectivity index (χ2v) is 5.94. The van der Waals surface area contributed by atoms with E-state index < -0.39 is 0 Å².